The summed E-state index contributed by atoms with van der Waals surface area (Å²) in [5.41, 5.74) is 3.10. The number of rotatable bonds is 5. The summed E-state index contributed by atoms with van der Waals surface area (Å²) in [5.74, 6) is 0.850. The summed E-state index contributed by atoms with van der Waals surface area (Å²) in [5, 5.41) is 11.0. The number of aliphatic hydroxyl groups is 1. The fraction of sp³-hybridized carbons (Fsp3) is 0.294. The van der Waals surface area contributed by atoms with E-state index in [-0.39, 0.29) is 0 Å². The lowest BCUT2D eigenvalue weighted by Gasteiger charge is -2.12. The van der Waals surface area contributed by atoms with Crippen LogP contribution >= 0.6 is 11.6 Å². The van der Waals surface area contributed by atoms with Gasteiger partial charge in [-0.1, -0.05) is 35.9 Å². The summed E-state index contributed by atoms with van der Waals surface area (Å²) in [7, 11) is 1.65. The van der Waals surface area contributed by atoms with Crippen LogP contribution in [0.3, 0.4) is 0 Å². The number of hydrogen-bond acceptors (Lipinski definition) is 2. The molecular formula is C17H19ClO2. The predicted molar refractivity (Wildman–Crippen MR) is 82.5 cm³/mol. The molecule has 0 aliphatic heterocycles. The molecule has 0 bridgehead atoms. The monoisotopic (exact) mass is 290 g/mol. The molecule has 0 radical (unpaired) electrons. The minimum atomic E-state index is -0.465. The molecular weight excluding hydrogens is 272 g/mol. The smallest absolute Gasteiger partial charge is 0.118 e. The van der Waals surface area contributed by atoms with Crippen LogP contribution in [0, 0.1) is 6.92 Å². The van der Waals surface area contributed by atoms with Crippen LogP contribution in [0.2, 0.25) is 5.02 Å². The van der Waals surface area contributed by atoms with Gasteiger partial charge in [0.1, 0.15) is 5.75 Å². The number of methoxy groups -OCH3 is 1. The molecule has 0 saturated heterocycles. The fourth-order valence-electron chi connectivity index (χ4n) is 2.14. The fourth-order valence-corrected chi connectivity index (χ4v) is 2.25. The molecule has 0 amide bonds. The Bertz CT molecular complexity index is 564. The van der Waals surface area contributed by atoms with Crippen LogP contribution in [0.15, 0.2) is 42.5 Å². The predicted octanol–water partition coefficient (Wildman–Crippen LogP) is 4.32. The van der Waals surface area contributed by atoms with Gasteiger partial charge in [-0.05, 0) is 54.7 Å². The van der Waals surface area contributed by atoms with Gasteiger partial charge < -0.3 is 9.84 Å². The third-order valence-electron chi connectivity index (χ3n) is 3.43. The first-order chi connectivity index (χ1) is 9.60. The van der Waals surface area contributed by atoms with Gasteiger partial charge in [-0.3, -0.25) is 0 Å². The number of aryl methyl sites for hydroxylation is 2. The van der Waals surface area contributed by atoms with Gasteiger partial charge in [0.2, 0.25) is 0 Å². The summed E-state index contributed by atoms with van der Waals surface area (Å²) < 4.78 is 5.13. The van der Waals surface area contributed by atoms with Gasteiger partial charge in [0, 0.05) is 5.02 Å². The molecule has 2 rings (SSSR count). The zero-order valence-electron chi connectivity index (χ0n) is 11.8. The molecule has 0 fully saturated rings. The first-order valence-electron chi connectivity index (χ1n) is 6.67. The zero-order chi connectivity index (χ0) is 14.5. The number of benzene rings is 2. The lowest BCUT2D eigenvalue weighted by molar-refractivity contribution is 0.168. The molecule has 2 aromatic rings. The summed E-state index contributed by atoms with van der Waals surface area (Å²) in [6.45, 7) is 1.95. The second-order valence-electron chi connectivity index (χ2n) is 4.91. The Hall–Kier alpha value is -1.51. The molecule has 0 saturated carbocycles. The van der Waals surface area contributed by atoms with Crippen LogP contribution in [-0.4, -0.2) is 12.2 Å². The molecule has 0 aliphatic rings. The van der Waals surface area contributed by atoms with Crippen molar-refractivity contribution in [1.82, 2.24) is 0 Å². The van der Waals surface area contributed by atoms with Gasteiger partial charge >= 0.3 is 0 Å². The minimum Gasteiger partial charge on any atom is -0.497 e. The molecule has 0 spiro atoms. The molecule has 2 aromatic carbocycles. The van der Waals surface area contributed by atoms with Gasteiger partial charge in [-0.2, -0.15) is 0 Å². The van der Waals surface area contributed by atoms with Crippen molar-refractivity contribution >= 4 is 11.6 Å². The number of ether oxygens (including phenoxy) is 1. The SMILES string of the molecule is COc1ccc(CCC(O)c2ccc(Cl)c(C)c2)cc1. The van der Waals surface area contributed by atoms with Crippen LogP contribution < -0.4 is 4.74 Å². The highest BCUT2D eigenvalue weighted by molar-refractivity contribution is 6.31. The Balaban J connectivity index is 1.96. The normalized spacial score (nSPS) is 12.2. The third-order valence-corrected chi connectivity index (χ3v) is 3.86. The Labute approximate surface area is 125 Å². The maximum atomic E-state index is 10.2. The molecule has 1 N–H and O–H groups in total. The van der Waals surface area contributed by atoms with E-state index in [4.69, 9.17) is 16.3 Å². The van der Waals surface area contributed by atoms with E-state index in [0.29, 0.717) is 6.42 Å². The quantitative estimate of drug-likeness (QED) is 0.888. The van der Waals surface area contributed by atoms with Crippen LogP contribution in [-0.2, 0) is 6.42 Å². The Morgan fingerprint density at radius 3 is 2.45 bits per heavy atom. The number of aliphatic hydroxyl groups excluding tert-OH is 1. The Morgan fingerprint density at radius 1 is 1.15 bits per heavy atom. The Morgan fingerprint density at radius 2 is 1.85 bits per heavy atom. The van der Waals surface area contributed by atoms with Gasteiger partial charge in [0.25, 0.3) is 0 Å². The molecule has 0 aromatic heterocycles. The molecule has 1 atom stereocenters. The van der Waals surface area contributed by atoms with Crippen molar-refractivity contribution < 1.29 is 9.84 Å². The number of hydrogen-bond donors (Lipinski definition) is 1. The van der Waals surface area contributed by atoms with E-state index in [0.717, 1.165) is 28.3 Å². The van der Waals surface area contributed by atoms with E-state index in [1.54, 1.807) is 7.11 Å². The highest BCUT2D eigenvalue weighted by Crippen LogP contribution is 2.24. The van der Waals surface area contributed by atoms with Crippen molar-refractivity contribution in [1.29, 1.82) is 0 Å². The van der Waals surface area contributed by atoms with E-state index in [1.807, 2.05) is 49.4 Å². The molecule has 2 nitrogen and oxygen atoms in total. The Kier molecular flexibility index (Phi) is 5.05. The van der Waals surface area contributed by atoms with E-state index < -0.39 is 6.10 Å². The van der Waals surface area contributed by atoms with Gasteiger partial charge in [0.15, 0.2) is 0 Å². The molecule has 0 heterocycles. The zero-order valence-corrected chi connectivity index (χ0v) is 12.5. The average Bonchev–Trinajstić information content (AvgIpc) is 2.48. The van der Waals surface area contributed by atoms with Crippen molar-refractivity contribution in [2.75, 3.05) is 7.11 Å². The van der Waals surface area contributed by atoms with Gasteiger partial charge in [0.05, 0.1) is 13.2 Å². The second-order valence-corrected chi connectivity index (χ2v) is 5.32. The van der Waals surface area contributed by atoms with Gasteiger partial charge in [-0.25, -0.2) is 0 Å². The van der Waals surface area contributed by atoms with Crippen molar-refractivity contribution in [3.8, 4) is 5.75 Å². The standard InChI is InChI=1S/C17H19ClO2/c1-12-11-14(6-9-16(12)18)17(19)10-5-13-3-7-15(20-2)8-4-13/h3-4,6-9,11,17,19H,5,10H2,1-2H3. The topological polar surface area (TPSA) is 29.5 Å². The van der Waals surface area contributed by atoms with Crippen LogP contribution in [0.5, 0.6) is 5.75 Å². The largest absolute Gasteiger partial charge is 0.497 e. The van der Waals surface area contributed by atoms with Crippen LogP contribution in [0.1, 0.15) is 29.2 Å². The van der Waals surface area contributed by atoms with E-state index in [2.05, 4.69) is 0 Å². The first-order valence-corrected chi connectivity index (χ1v) is 7.05. The highest BCUT2D eigenvalue weighted by Gasteiger charge is 2.09. The minimum absolute atomic E-state index is 0.465. The maximum Gasteiger partial charge on any atom is 0.118 e. The third kappa shape index (κ3) is 3.75. The average molecular weight is 291 g/mol. The van der Waals surface area contributed by atoms with Crippen molar-refractivity contribution in [2.24, 2.45) is 0 Å². The lowest BCUT2D eigenvalue weighted by atomic mass is 10.00. The molecule has 20 heavy (non-hydrogen) atoms. The van der Waals surface area contributed by atoms with E-state index in [1.165, 1.54) is 5.56 Å². The molecule has 1 unspecified atom stereocenters. The molecule has 106 valence electrons. The van der Waals surface area contributed by atoms with E-state index in [9.17, 15) is 5.11 Å². The summed E-state index contributed by atoms with van der Waals surface area (Å²) in [6, 6.07) is 13.6. The van der Waals surface area contributed by atoms with Crippen LogP contribution in [0.4, 0.5) is 0 Å². The van der Waals surface area contributed by atoms with Gasteiger partial charge in [-0.15, -0.1) is 0 Å². The van der Waals surface area contributed by atoms with E-state index >= 15 is 0 Å². The highest BCUT2D eigenvalue weighted by atomic mass is 35.5. The first kappa shape index (κ1) is 14.9. The van der Waals surface area contributed by atoms with Crippen LogP contribution in [0.25, 0.3) is 0 Å². The summed E-state index contributed by atoms with van der Waals surface area (Å²) in [4.78, 5) is 0. The summed E-state index contributed by atoms with van der Waals surface area (Å²) in [6.07, 6.45) is 1.05. The lowest BCUT2D eigenvalue weighted by Crippen LogP contribution is -2.00. The van der Waals surface area contributed by atoms with Crippen molar-refractivity contribution in [2.45, 2.75) is 25.9 Å². The number of halogens is 1. The maximum absolute atomic E-state index is 10.2. The molecule has 0 aliphatic carbocycles. The summed E-state index contributed by atoms with van der Waals surface area (Å²) >= 11 is 5.99. The second kappa shape index (κ2) is 6.78. The molecule has 3 heteroatoms. The van der Waals surface area contributed by atoms with Crippen molar-refractivity contribution in [3.63, 3.8) is 0 Å². The van der Waals surface area contributed by atoms with Crippen molar-refractivity contribution in [3.05, 3.63) is 64.2 Å².